The predicted octanol–water partition coefficient (Wildman–Crippen LogP) is 1.19. The number of Topliss-reactive ketones (excluding diaryl/α,β-unsaturated/α-hetero) is 1. The Morgan fingerprint density at radius 1 is 1.24 bits per heavy atom. The summed E-state index contributed by atoms with van der Waals surface area (Å²) < 4.78 is 0. The molecule has 0 spiro atoms. The van der Waals surface area contributed by atoms with Crippen LogP contribution in [-0.2, 0) is 14.4 Å². The maximum absolute atomic E-state index is 11.8. The number of carboxylic acid groups (broad SMARTS) is 1. The van der Waals surface area contributed by atoms with Gasteiger partial charge in [-0.05, 0) is 34.6 Å². The van der Waals surface area contributed by atoms with Crippen molar-refractivity contribution in [2.24, 2.45) is 0 Å². The van der Waals surface area contributed by atoms with Crippen molar-refractivity contribution in [1.82, 2.24) is 10.2 Å². The van der Waals surface area contributed by atoms with Gasteiger partial charge in [0.2, 0.25) is 5.91 Å². The molecule has 0 bridgehead atoms. The van der Waals surface area contributed by atoms with Crippen LogP contribution in [0.5, 0.6) is 0 Å². The molecule has 1 saturated heterocycles. The van der Waals surface area contributed by atoms with Gasteiger partial charge < -0.3 is 10.4 Å². The van der Waals surface area contributed by atoms with Crippen LogP contribution >= 0.6 is 0 Å². The van der Waals surface area contributed by atoms with E-state index in [0.29, 0.717) is 19.4 Å². The molecule has 21 heavy (non-hydrogen) atoms. The molecule has 0 radical (unpaired) electrons. The van der Waals surface area contributed by atoms with Crippen LogP contribution in [0.3, 0.4) is 0 Å². The molecule has 0 aromatic rings. The summed E-state index contributed by atoms with van der Waals surface area (Å²) in [4.78, 5) is 36.5. The summed E-state index contributed by atoms with van der Waals surface area (Å²) in [6.45, 7) is 9.96. The van der Waals surface area contributed by atoms with Crippen LogP contribution in [0.1, 0.15) is 53.9 Å². The highest BCUT2D eigenvalue weighted by Crippen LogP contribution is 2.36. The second kappa shape index (κ2) is 6.13. The number of carbonyl (C=O) groups excluding carboxylic acids is 2. The maximum Gasteiger partial charge on any atom is 0.325 e. The number of hydrogen-bond donors (Lipinski definition) is 2. The summed E-state index contributed by atoms with van der Waals surface area (Å²) in [7, 11) is 0. The highest BCUT2D eigenvalue weighted by atomic mass is 16.4. The van der Waals surface area contributed by atoms with Gasteiger partial charge in [-0.15, -0.1) is 0 Å². The molecule has 1 atom stereocenters. The lowest BCUT2D eigenvalue weighted by molar-refractivity contribution is -0.142. The molecular weight excluding hydrogens is 272 g/mol. The van der Waals surface area contributed by atoms with E-state index in [-0.39, 0.29) is 29.2 Å². The number of ketones is 1. The molecular formula is C15H26N2O4. The Kier molecular flexibility index (Phi) is 5.15. The molecule has 6 nitrogen and oxygen atoms in total. The third-order valence-corrected chi connectivity index (χ3v) is 4.03. The standard InChI is InChI=1S/C15H26N2O4/c1-10(13(20)21)16-12(19)6-7-17-14(2,3)8-11(18)9-15(17,4)5/h10H,6-9H2,1-5H3,(H,16,19)(H,20,21). The summed E-state index contributed by atoms with van der Waals surface area (Å²) in [5.74, 6) is -1.09. The topological polar surface area (TPSA) is 86.7 Å². The van der Waals surface area contributed by atoms with Crippen molar-refractivity contribution in [2.45, 2.75) is 71.0 Å². The molecule has 1 heterocycles. The van der Waals surface area contributed by atoms with Crippen molar-refractivity contribution in [3.8, 4) is 0 Å². The van der Waals surface area contributed by atoms with Crippen molar-refractivity contribution < 1.29 is 19.5 Å². The summed E-state index contributed by atoms with van der Waals surface area (Å²) in [5.41, 5.74) is -0.588. The zero-order valence-corrected chi connectivity index (χ0v) is 13.5. The lowest BCUT2D eigenvalue weighted by atomic mass is 9.79. The minimum absolute atomic E-state index is 0.221. The van der Waals surface area contributed by atoms with Gasteiger partial charge in [-0.3, -0.25) is 19.3 Å². The minimum atomic E-state index is -1.05. The predicted molar refractivity (Wildman–Crippen MR) is 79.0 cm³/mol. The SMILES string of the molecule is CC(NC(=O)CCN1C(C)(C)CC(=O)CC1(C)C)C(=O)O. The molecule has 0 aromatic heterocycles. The number of rotatable bonds is 5. The van der Waals surface area contributed by atoms with Gasteiger partial charge in [0.15, 0.2) is 0 Å². The second-order valence-corrected chi connectivity index (χ2v) is 7.05. The van der Waals surface area contributed by atoms with E-state index in [0.717, 1.165) is 0 Å². The molecule has 1 rings (SSSR count). The fourth-order valence-corrected chi connectivity index (χ4v) is 3.23. The molecule has 1 unspecified atom stereocenters. The van der Waals surface area contributed by atoms with Crippen molar-refractivity contribution in [3.05, 3.63) is 0 Å². The number of piperidine rings is 1. The summed E-state index contributed by atoms with van der Waals surface area (Å²) in [6, 6.07) is -0.888. The number of aliphatic carboxylic acids is 1. The van der Waals surface area contributed by atoms with Gasteiger partial charge in [0.1, 0.15) is 11.8 Å². The van der Waals surface area contributed by atoms with Crippen molar-refractivity contribution in [3.63, 3.8) is 0 Å². The molecule has 1 fully saturated rings. The van der Waals surface area contributed by atoms with Gasteiger partial charge >= 0.3 is 5.97 Å². The Hall–Kier alpha value is -1.43. The van der Waals surface area contributed by atoms with Gasteiger partial charge in [0.25, 0.3) is 0 Å². The lowest BCUT2D eigenvalue weighted by Crippen LogP contribution is -2.61. The van der Waals surface area contributed by atoms with E-state index >= 15 is 0 Å². The Labute approximate surface area is 125 Å². The molecule has 1 aliphatic rings. The van der Waals surface area contributed by atoms with E-state index in [1.807, 2.05) is 27.7 Å². The molecule has 0 saturated carbocycles. The van der Waals surface area contributed by atoms with Crippen molar-refractivity contribution in [2.75, 3.05) is 6.54 Å². The zero-order chi connectivity index (χ0) is 16.4. The normalized spacial score (nSPS) is 22.6. The monoisotopic (exact) mass is 298 g/mol. The van der Waals surface area contributed by atoms with Crippen LogP contribution in [0.2, 0.25) is 0 Å². The van der Waals surface area contributed by atoms with Crippen LogP contribution in [0.15, 0.2) is 0 Å². The second-order valence-electron chi connectivity index (χ2n) is 7.05. The number of carbonyl (C=O) groups is 3. The lowest BCUT2D eigenvalue weighted by Gasteiger charge is -2.52. The van der Waals surface area contributed by atoms with Crippen molar-refractivity contribution in [1.29, 1.82) is 0 Å². The molecule has 1 aliphatic heterocycles. The maximum atomic E-state index is 11.8. The third kappa shape index (κ3) is 4.52. The van der Waals surface area contributed by atoms with Gasteiger partial charge in [-0.25, -0.2) is 0 Å². The van der Waals surface area contributed by atoms with Gasteiger partial charge in [-0.2, -0.15) is 0 Å². The Balaban J connectivity index is 2.66. The minimum Gasteiger partial charge on any atom is -0.480 e. The van der Waals surface area contributed by atoms with Crippen LogP contribution < -0.4 is 5.32 Å². The third-order valence-electron chi connectivity index (χ3n) is 4.03. The fraction of sp³-hybridized carbons (Fsp3) is 0.800. The van der Waals surface area contributed by atoms with E-state index in [1.165, 1.54) is 6.92 Å². The van der Waals surface area contributed by atoms with E-state index in [1.54, 1.807) is 0 Å². The summed E-state index contributed by atoms with van der Waals surface area (Å²) in [5, 5.41) is 11.2. The molecule has 0 aromatic carbocycles. The average molecular weight is 298 g/mol. The number of amides is 1. The molecule has 2 N–H and O–H groups in total. The van der Waals surface area contributed by atoms with Gasteiger partial charge in [-0.1, -0.05) is 0 Å². The van der Waals surface area contributed by atoms with Crippen LogP contribution in [0.25, 0.3) is 0 Å². The largest absolute Gasteiger partial charge is 0.480 e. The molecule has 120 valence electrons. The Morgan fingerprint density at radius 2 is 1.71 bits per heavy atom. The smallest absolute Gasteiger partial charge is 0.325 e. The first-order valence-electron chi connectivity index (χ1n) is 7.27. The van der Waals surface area contributed by atoms with E-state index in [2.05, 4.69) is 10.2 Å². The van der Waals surface area contributed by atoms with Crippen LogP contribution in [-0.4, -0.2) is 51.3 Å². The van der Waals surface area contributed by atoms with E-state index in [9.17, 15) is 14.4 Å². The van der Waals surface area contributed by atoms with Crippen molar-refractivity contribution >= 4 is 17.7 Å². The summed E-state index contributed by atoms with van der Waals surface area (Å²) >= 11 is 0. The molecule has 6 heteroatoms. The van der Waals surface area contributed by atoms with Crippen LogP contribution in [0.4, 0.5) is 0 Å². The van der Waals surface area contributed by atoms with Gasteiger partial charge in [0.05, 0.1) is 0 Å². The number of carboxylic acids is 1. The number of likely N-dealkylation sites (tertiary alicyclic amines) is 1. The quantitative estimate of drug-likeness (QED) is 0.796. The number of nitrogens with zero attached hydrogens (tertiary/aromatic N) is 1. The average Bonchev–Trinajstić information content (AvgIpc) is 2.24. The number of nitrogens with one attached hydrogen (secondary N) is 1. The van der Waals surface area contributed by atoms with E-state index < -0.39 is 12.0 Å². The molecule has 1 amide bonds. The Morgan fingerprint density at radius 3 is 2.14 bits per heavy atom. The highest BCUT2D eigenvalue weighted by molar-refractivity contribution is 5.83. The zero-order valence-electron chi connectivity index (χ0n) is 13.5. The van der Waals surface area contributed by atoms with Crippen LogP contribution in [0, 0.1) is 0 Å². The first kappa shape index (κ1) is 17.6. The fourth-order valence-electron chi connectivity index (χ4n) is 3.23. The summed E-state index contributed by atoms with van der Waals surface area (Å²) in [6.07, 6.45) is 1.17. The molecule has 0 aliphatic carbocycles. The first-order chi connectivity index (χ1) is 9.45. The van der Waals surface area contributed by atoms with Gasteiger partial charge in [0, 0.05) is 36.9 Å². The highest BCUT2D eigenvalue weighted by Gasteiger charge is 2.44. The number of hydrogen-bond acceptors (Lipinski definition) is 4. The Bertz CT molecular complexity index is 423. The van der Waals surface area contributed by atoms with E-state index in [4.69, 9.17) is 5.11 Å². The first-order valence-corrected chi connectivity index (χ1v) is 7.27.